The van der Waals surface area contributed by atoms with Crippen LogP contribution >= 0.6 is 0 Å². The lowest BCUT2D eigenvalue weighted by Gasteiger charge is -2.06. The van der Waals surface area contributed by atoms with Gasteiger partial charge in [0.05, 0.1) is 25.8 Å². The topological polar surface area (TPSA) is 48.4 Å². The van der Waals surface area contributed by atoms with E-state index in [9.17, 15) is 4.79 Å². The maximum atomic E-state index is 11.7. The zero-order valence-electron chi connectivity index (χ0n) is 12.1. The van der Waals surface area contributed by atoms with E-state index in [1.165, 1.54) is 18.2 Å². The predicted molar refractivity (Wildman–Crippen MR) is 79.1 cm³/mol. The van der Waals surface area contributed by atoms with Crippen molar-refractivity contribution in [1.29, 1.82) is 0 Å². The molecule has 0 spiro atoms. The number of carbonyl (C=O) groups is 1. The van der Waals surface area contributed by atoms with Crippen LogP contribution in [0.5, 0.6) is 5.88 Å². The number of benzene rings is 1. The second kappa shape index (κ2) is 5.56. The largest absolute Gasteiger partial charge is 0.481 e. The van der Waals surface area contributed by atoms with Gasteiger partial charge in [-0.05, 0) is 36.1 Å². The Kier molecular flexibility index (Phi) is 3.60. The summed E-state index contributed by atoms with van der Waals surface area (Å²) >= 11 is 0. The average Bonchev–Trinajstić information content (AvgIpc) is 2.97. The van der Waals surface area contributed by atoms with Crippen molar-refractivity contribution in [3.05, 3.63) is 47.5 Å². The van der Waals surface area contributed by atoms with Gasteiger partial charge in [0, 0.05) is 11.6 Å². The van der Waals surface area contributed by atoms with Crippen molar-refractivity contribution in [2.45, 2.75) is 12.8 Å². The van der Waals surface area contributed by atoms with E-state index in [-0.39, 0.29) is 11.9 Å². The number of ether oxygens (including phenoxy) is 2. The van der Waals surface area contributed by atoms with Crippen molar-refractivity contribution in [2.24, 2.45) is 5.92 Å². The van der Waals surface area contributed by atoms with E-state index in [0.29, 0.717) is 5.88 Å². The zero-order valence-corrected chi connectivity index (χ0v) is 12.1. The van der Waals surface area contributed by atoms with E-state index in [4.69, 9.17) is 9.47 Å². The summed E-state index contributed by atoms with van der Waals surface area (Å²) in [6, 6.07) is 11.9. The fraction of sp³-hybridized carbons (Fsp3) is 0.294. The highest BCUT2D eigenvalue weighted by Gasteiger charge is 2.28. The van der Waals surface area contributed by atoms with E-state index in [1.54, 1.807) is 7.11 Å². The molecule has 4 nitrogen and oxygen atoms in total. The summed E-state index contributed by atoms with van der Waals surface area (Å²) in [5.74, 6) is 0.409. The van der Waals surface area contributed by atoms with Crippen molar-refractivity contribution < 1.29 is 14.3 Å². The standard InChI is InChI=1S/C17H17NO3/c1-20-16-5-3-4-15(18-16)12-7-6-11-8-14(17(19)21-2)10-13(11)9-12/h3-7,9,14H,8,10H2,1-2H3. The third-order valence-corrected chi connectivity index (χ3v) is 3.90. The number of hydrogen-bond donors (Lipinski definition) is 0. The number of hydrogen-bond acceptors (Lipinski definition) is 4. The summed E-state index contributed by atoms with van der Waals surface area (Å²) in [6.45, 7) is 0. The molecule has 1 aliphatic carbocycles. The highest BCUT2D eigenvalue weighted by molar-refractivity contribution is 5.75. The van der Waals surface area contributed by atoms with Crippen LogP contribution in [0.4, 0.5) is 0 Å². The molecule has 1 atom stereocenters. The van der Waals surface area contributed by atoms with E-state index >= 15 is 0 Å². The first-order valence-electron chi connectivity index (χ1n) is 6.92. The summed E-state index contributed by atoms with van der Waals surface area (Å²) in [5.41, 5.74) is 4.33. The summed E-state index contributed by atoms with van der Waals surface area (Å²) in [4.78, 5) is 16.1. The number of fused-ring (bicyclic) bond motifs is 1. The second-order valence-corrected chi connectivity index (χ2v) is 5.18. The number of nitrogens with zero attached hydrogens (tertiary/aromatic N) is 1. The third kappa shape index (κ3) is 2.61. The van der Waals surface area contributed by atoms with Crippen LogP contribution in [0, 0.1) is 5.92 Å². The van der Waals surface area contributed by atoms with Crippen LogP contribution in [-0.4, -0.2) is 25.2 Å². The van der Waals surface area contributed by atoms with Crippen molar-refractivity contribution in [1.82, 2.24) is 4.98 Å². The fourth-order valence-corrected chi connectivity index (χ4v) is 2.80. The van der Waals surface area contributed by atoms with Gasteiger partial charge in [0.1, 0.15) is 0 Å². The molecule has 0 radical (unpaired) electrons. The number of methoxy groups -OCH3 is 2. The van der Waals surface area contributed by atoms with Crippen molar-refractivity contribution in [3.8, 4) is 17.1 Å². The minimum absolute atomic E-state index is 0.0569. The normalized spacial score (nSPS) is 16.4. The molecule has 1 heterocycles. The first-order valence-corrected chi connectivity index (χ1v) is 6.92. The van der Waals surface area contributed by atoms with Gasteiger partial charge in [-0.25, -0.2) is 4.98 Å². The Labute approximate surface area is 123 Å². The first-order chi connectivity index (χ1) is 10.2. The lowest BCUT2D eigenvalue weighted by atomic mass is 10.0. The molecule has 1 aromatic carbocycles. The van der Waals surface area contributed by atoms with E-state index in [0.717, 1.165) is 24.1 Å². The molecule has 108 valence electrons. The number of carbonyl (C=O) groups excluding carboxylic acids is 1. The van der Waals surface area contributed by atoms with Crippen molar-refractivity contribution in [2.75, 3.05) is 14.2 Å². The number of pyridine rings is 1. The van der Waals surface area contributed by atoms with Gasteiger partial charge >= 0.3 is 5.97 Å². The van der Waals surface area contributed by atoms with Crippen molar-refractivity contribution in [3.63, 3.8) is 0 Å². The van der Waals surface area contributed by atoms with Gasteiger partial charge < -0.3 is 9.47 Å². The van der Waals surface area contributed by atoms with Crippen LogP contribution in [0.2, 0.25) is 0 Å². The predicted octanol–water partition coefficient (Wildman–Crippen LogP) is 2.65. The Hall–Kier alpha value is -2.36. The van der Waals surface area contributed by atoms with Gasteiger partial charge in [0.2, 0.25) is 5.88 Å². The van der Waals surface area contributed by atoms with Crippen LogP contribution in [0.1, 0.15) is 11.1 Å². The molecule has 0 aliphatic heterocycles. The second-order valence-electron chi connectivity index (χ2n) is 5.18. The maximum absolute atomic E-state index is 11.7. The molecule has 0 saturated carbocycles. The van der Waals surface area contributed by atoms with E-state index < -0.39 is 0 Å². The van der Waals surface area contributed by atoms with Crippen LogP contribution in [0.15, 0.2) is 36.4 Å². The molecule has 0 fully saturated rings. The van der Waals surface area contributed by atoms with Gasteiger partial charge in [0.15, 0.2) is 0 Å². The lowest BCUT2D eigenvalue weighted by Crippen LogP contribution is -2.15. The minimum atomic E-state index is -0.132. The Morgan fingerprint density at radius 3 is 2.71 bits per heavy atom. The maximum Gasteiger partial charge on any atom is 0.309 e. The third-order valence-electron chi connectivity index (χ3n) is 3.90. The molecule has 1 aliphatic rings. The Bertz CT molecular complexity index is 681. The Balaban J connectivity index is 1.90. The fourth-order valence-electron chi connectivity index (χ4n) is 2.80. The molecular formula is C17H17NO3. The SMILES string of the molecule is COC(=O)C1Cc2ccc(-c3cccc(OC)n3)cc2C1. The highest BCUT2D eigenvalue weighted by atomic mass is 16.5. The van der Waals surface area contributed by atoms with Crippen LogP contribution < -0.4 is 4.74 Å². The number of aromatic nitrogens is 1. The van der Waals surface area contributed by atoms with Gasteiger partial charge in [-0.2, -0.15) is 0 Å². The first kappa shape index (κ1) is 13.6. The summed E-state index contributed by atoms with van der Waals surface area (Å²) in [6.07, 6.45) is 1.49. The zero-order chi connectivity index (χ0) is 14.8. The molecule has 0 amide bonds. The monoisotopic (exact) mass is 283 g/mol. The molecule has 1 unspecified atom stereocenters. The van der Waals surface area contributed by atoms with E-state index in [1.807, 2.05) is 24.3 Å². The van der Waals surface area contributed by atoms with Crippen LogP contribution in [0.25, 0.3) is 11.3 Å². The smallest absolute Gasteiger partial charge is 0.309 e. The van der Waals surface area contributed by atoms with Gasteiger partial charge in [-0.3, -0.25) is 4.79 Å². The molecule has 4 heteroatoms. The van der Waals surface area contributed by atoms with E-state index in [2.05, 4.69) is 17.1 Å². The summed E-state index contributed by atoms with van der Waals surface area (Å²) in [5, 5.41) is 0. The molecule has 2 aromatic rings. The molecule has 3 rings (SSSR count). The Morgan fingerprint density at radius 1 is 1.14 bits per heavy atom. The number of esters is 1. The molecule has 1 aromatic heterocycles. The number of rotatable bonds is 3. The Morgan fingerprint density at radius 2 is 1.95 bits per heavy atom. The average molecular weight is 283 g/mol. The van der Waals surface area contributed by atoms with Crippen LogP contribution in [0.3, 0.4) is 0 Å². The van der Waals surface area contributed by atoms with Gasteiger partial charge in [0.25, 0.3) is 0 Å². The highest BCUT2D eigenvalue weighted by Crippen LogP contribution is 2.31. The molecule has 21 heavy (non-hydrogen) atoms. The van der Waals surface area contributed by atoms with Gasteiger partial charge in [-0.1, -0.05) is 18.2 Å². The van der Waals surface area contributed by atoms with Crippen LogP contribution in [-0.2, 0) is 22.4 Å². The lowest BCUT2D eigenvalue weighted by molar-refractivity contribution is -0.145. The summed E-state index contributed by atoms with van der Waals surface area (Å²) < 4.78 is 10.0. The van der Waals surface area contributed by atoms with Gasteiger partial charge in [-0.15, -0.1) is 0 Å². The molecule has 0 saturated heterocycles. The molecule has 0 N–H and O–H groups in total. The minimum Gasteiger partial charge on any atom is -0.481 e. The summed E-state index contributed by atoms with van der Waals surface area (Å²) in [7, 11) is 3.05. The quantitative estimate of drug-likeness (QED) is 0.813. The van der Waals surface area contributed by atoms with Crippen molar-refractivity contribution >= 4 is 5.97 Å². The molecular weight excluding hydrogens is 266 g/mol. The molecule has 0 bridgehead atoms.